The Labute approximate surface area is 122 Å². The van der Waals surface area contributed by atoms with E-state index in [9.17, 15) is 4.79 Å². The summed E-state index contributed by atoms with van der Waals surface area (Å²) in [5.41, 5.74) is 1.06. The van der Waals surface area contributed by atoms with Gasteiger partial charge in [-0.25, -0.2) is 4.98 Å². The summed E-state index contributed by atoms with van der Waals surface area (Å²) < 4.78 is 1.22. The van der Waals surface area contributed by atoms with E-state index in [4.69, 9.17) is 5.11 Å². The van der Waals surface area contributed by atoms with Crippen LogP contribution in [0, 0.1) is 0 Å². The SMILES string of the molecule is CC(CO)NC(=O)CCCCc1nc2ccccc2s1. The zero-order chi connectivity index (χ0) is 14.4. The number of rotatable bonds is 7. The normalized spacial score (nSPS) is 12.5. The molecule has 0 saturated carbocycles. The second-order valence-electron chi connectivity index (χ2n) is 4.93. The van der Waals surface area contributed by atoms with Crippen molar-refractivity contribution >= 4 is 27.5 Å². The topological polar surface area (TPSA) is 62.2 Å². The van der Waals surface area contributed by atoms with Gasteiger partial charge < -0.3 is 10.4 Å². The minimum atomic E-state index is -0.160. The van der Waals surface area contributed by atoms with E-state index in [2.05, 4.69) is 16.4 Å². The molecule has 4 nitrogen and oxygen atoms in total. The highest BCUT2D eigenvalue weighted by molar-refractivity contribution is 7.18. The second-order valence-corrected chi connectivity index (χ2v) is 6.05. The van der Waals surface area contributed by atoms with Gasteiger partial charge in [0.1, 0.15) is 0 Å². The molecule has 0 spiro atoms. The maximum atomic E-state index is 11.5. The summed E-state index contributed by atoms with van der Waals surface area (Å²) in [7, 11) is 0. The van der Waals surface area contributed by atoms with Gasteiger partial charge in [-0.2, -0.15) is 0 Å². The number of aliphatic hydroxyl groups excluding tert-OH is 1. The van der Waals surface area contributed by atoms with E-state index in [0.717, 1.165) is 29.8 Å². The van der Waals surface area contributed by atoms with Crippen LogP contribution in [0.4, 0.5) is 0 Å². The number of carbonyl (C=O) groups is 1. The maximum Gasteiger partial charge on any atom is 0.220 e. The van der Waals surface area contributed by atoms with Crippen LogP contribution in [0.1, 0.15) is 31.2 Å². The molecule has 0 fully saturated rings. The third-order valence-electron chi connectivity index (χ3n) is 3.06. The van der Waals surface area contributed by atoms with Crippen LogP contribution in [0.25, 0.3) is 10.2 Å². The summed E-state index contributed by atoms with van der Waals surface area (Å²) >= 11 is 1.73. The Balaban J connectivity index is 1.72. The van der Waals surface area contributed by atoms with Crippen LogP contribution in [-0.2, 0) is 11.2 Å². The van der Waals surface area contributed by atoms with E-state index in [-0.39, 0.29) is 18.6 Å². The summed E-state index contributed by atoms with van der Waals surface area (Å²) in [5.74, 6) is 0.0100. The molecule has 0 radical (unpaired) electrons. The highest BCUT2D eigenvalue weighted by Gasteiger charge is 2.07. The molecule has 0 aliphatic heterocycles. The van der Waals surface area contributed by atoms with Crippen molar-refractivity contribution < 1.29 is 9.90 Å². The molecular weight excluding hydrogens is 272 g/mol. The lowest BCUT2D eigenvalue weighted by atomic mass is 10.2. The Kier molecular flexibility index (Phi) is 5.49. The van der Waals surface area contributed by atoms with E-state index in [1.165, 1.54) is 4.70 Å². The van der Waals surface area contributed by atoms with Gasteiger partial charge in [-0.15, -0.1) is 11.3 Å². The fourth-order valence-corrected chi connectivity index (χ4v) is 2.99. The minimum Gasteiger partial charge on any atom is -0.394 e. The lowest BCUT2D eigenvalue weighted by Crippen LogP contribution is -2.34. The number of unbranched alkanes of at least 4 members (excludes halogenated alkanes) is 1. The fourth-order valence-electron chi connectivity index (χ4n) is 1.98. The average Bonchev–Trinajstić information content (AvgIpc) is 2.86. The monoisotopic (exact) mass is 292 g/mol. The molecule has 0 aliphatic rings. The van der Waals surface area contributed by atoms with Crippen molar-refractivity contribution in [3.8, 4) is 0 Å². The number of benzene rings is 1. The van der Waals surface area contributed by atoms with Crippen LogP contribution in [0.5, 0.6) is 0 Å². The van der Waals surface area contributed by atoms with Crippen molar-refractivity contribution in [2.75, 3.05) is 6.61 Å². The molecule has 0 saturated heterocycles. The third kappa shape index (κ3) is 4.28. The zero-order valence-electron chi connectivity index (χ0n) is 11.6. The first kappa shape index (κ1) is 14.9. The molecule has 0 bridgehead atoms. The summed E-state index contributed by atoms with van der Waals surface area (Å²) in [6.07, 6.45) is 3.23. The Morgan fingerprint density at radius 2 is 2.20 bits per heavy atom. The molecule has 1 atom stereocenters. The van der Waals surface area contributed by atoms with Gasteiger partial charge in [-0.1, -0.05) is 12.1 Å². The van der Waals surface area contributed by atoms with Crippen molar-refractivity contribution in [2.45, 2.75) is 38.6 Å². The number of nitrogens with one attached hydrogen (secondary N) is 1. The number of para-hydroxylation sites is 1. The van der Waals surface area contributed by atoms with Crippen LogP contribution >= 0.6 is 11.3 Å². The van der Waals surface area contributed by atoms with Gasteiger partial charge in [-0.3, -0.25) is 4.79 Å². The van der Waals surface area contributed by atoms with Crippen LogP contribution in [0.3, 0.4) is 0 Å². The predicted molar refractivity (Wildman–Crippen MR) is 81.9 cm³/mol. The molecule has 1 unspecified atom stereocenters. The van der Waals surface area contributed by atoms with Gasteiger partial charge in [0.05, 0.1) is 21.8 Å². The quantitative estimate of drug-likeness (QED) is 0.771. The number of carbonyl (C=O) groups excluding carboxylic acids is 1. The average molecular weight is 292 g/mol. The van der Waals surface area contributed by atoms with Crippen LogP contribution in [0.2, 0.25) is 0 Å². The van der Waals surface area contributed by atoms with E-state index < -0.39 is 0 Å². The number of hydrogen-bond acceptors (Lipinski definition) is 4. The molecule has 20 heavy (non-hydrogen) atoms. The number of aliphatic hydroxyl groups is 1. The lowest BCUT2D eigenvalue weighted by molar-refractivity contribution is -0.122. The van der Waals surface area contributed by atoms with Crippen LogP contribution in [-0.4, -0.2) is 28.6 Å². The van der Waals surface area contributed by atoms with Crippen molar-refractivity contribution in [3.05, 3.63) is 29.3 Å². The van der Waals surface area contributed by atoms with Crippen LogP contribution < -0.4 is 5.32 Å². The molecule has 0 aliphatic carbocycles. The summed E-state index contributed by atoms with van der Waals surface area (Å²) in [6, 6.07) is 7.97. The number of aromatic nitrogens is 1. The van der Waals surface area contributed by atoms with Crippen molar-refractivity contribution in [1.29, 1.82) is 0 Å². The highest BCUT2D eigenvalue weighted by Crippen LogP contribution is 2.22. The number of amides is 1. The van der Waals surface area contributed by atoms with Gasteiger partial charge in [0.2, 0.25) is 5.91 Å². The summed E-state index contributed by atoms with van der Waals surface area (Å²) in [6.45, 7) is 1.77. The van der Waals surface area contributed by atoms with Crippen LogP contribution in [0.15, 0.2) is 24.3 Å². The molecule has 108 valence electrons. The highest BCUT2D eigenvalue weighted by atomic mass is 32.1. The van der Waals surface area contributed by atoms with Crippen molar-refractivity contribution in [1.82, 2.24) is 10.3 Å². The van der Waals surface area contributed by atoms with Gasteiger partial charge in [-0.05, 0) is 38.3 Å². The Hall–Kier alpha value is -1.46. The Morgan fingerprint density at radius 1 is 1.40 bits per heavy atom. The molecule has 2 aromatic rings. The summed E-state index contributed by atoms with van der Waals surface area (Å²) in [5, 5.41) is 12.7. The Morgan fingerprint density at radius 3 is 2.95 bits per heavy atom. The van der Waals surface area contributed by atoms with E-state index in [1.807, 2.05) is 18.2 Å². The first-order valence-electron chi connectivity index (χ1n) is 6.93. The van der Waals surface area contributed by atoms with E-state index in [1.54, 1.807) is 18.3 Å². The fraction of sp³-hybridized carbons (Fsp3) is 0.467. The predicted octanol–water partition coefficient (Wildman–Crippen LogP) is 2.51. The zero-order valence-corrected chi connectivity index (χ0v) is 12.4. The van der Waals surface area contributed by atoms with E-state index in [0.29, 0.717) is 6.42 Å². The number of fused-ring (bicyclic) bond motifs is 1. The molecular formula is C15H20N2O2S. The molecule has 5 heteroatoms. The second kappa shape index (κ2) is 7.36. The van der Waals surface area contributed by atoms with Gasteiger partial charge >= 0.3 is 0 Å². The van der Waals surface area contributed by atoms with Gasteiger partial charge in [0.25, 0.3) is 0 Å². The largest absolute Gasteiger partial charge is 0.394 e. The lowest BCUT2D eigenvalue weighted by Gasteiger charge is -2.10. The number of aryl methyl sites for hydroxylation is 1. The Bertz CT molecular complexity index is 535. The third-order valence-corrected chi connectivity index (χ3v) is 4.16. The minimum absolute atomic E-state index is 0.0100. The van der Waals surface area contributed by atoms with E-state index >= 15 is 0 Å². The van der Waals surface area contributed by atoms with Gasteiger partial charge in [0.15, 0.2) is 0 Å². The molecule has 2 rings (SSSR count). The molecule has 2 N–H and O–H groups in total. The smallest absolute Gasteiger partial charge is 0.220 e. The van der Waals surface area contributed by atoms with Crippen molar-refractivity contribution in [3.63, 3.8) is 0 Å². The molecule has 1 heterocycles. The number of nitrogens with zero attached hydrogens (tertiary/aromatic N) is 1. The number of thiazole rings is 1. The first-order chi connectivity index (χ1) is 9.69. The van der Waals surface area contributed by atoms with Crippen molar-refractivity contribution in [2.24, 2.45) is 0 Å². The number of hydrogen-bond donors (Lipinski definition) is 2. The van der Waals surface area contributed by atoms with Gasteiger partial charge in [0, 0.05) is 12.5 Å². The summed E-state index contributed by atoms with van der Waals surface area (Å²) in [4.78, 5) is 16.1. The molecule has 1 aromatic heterocycles. The standard InChI is InChI=1S/C15H20N2O2S/c1-11(10-18)16-14(19)8-4-5-9-15-17-12-6-2-3-7-13(12)20-15/h2-3,6-7,11,18H,4-5,8-10H2,1H3,(H,16,19). The molecule has 1 amide bonds. The maximum absolute atomic E-state index is 11.5. The first-order valence-corrected chi connectivity index (χ1v) is 7.75. The molecule has 1 aromatic carbocycles.